The summed E-state index contributed by atoms with van der Waals surface area (Å²) in [6, 6.07) is 15.3. The van der Waals surface area contributed by atoms with E-state index in [1.54, 1.807) is 13.8 Å². The average molecular weight is 390 g/mol. The Kier molecular flexibility index (Phi) is 5.89. The minimum Gasteiger partial charge on any atom is -0.493 e. The fraction of sp³-hybridized carbons (Fsp3) is 0.429. The number of ether oxygens (including phenoxy) is 1. The topological polar surface area (TPSA) is 66.8 Å². The van der Waals surface area contributed by atoms with E-state index in [2.05, 4.69) is 0 Å². The number of benzene rings is 2. The zero-order chi connectivity index (χ0) is 19.5. The van der Waals surface area contributed by atoms with Gasteiger partial charge in [0.15, 0.2) is 0 Å². The first kappa shape index (κ1) is 19.9. The molecule has 1 N–H and O–H groups in total. The molecule has 6 heteroatoms. The van der Waals surface area contributed by atoms with Crippen molar-refractivity contribution in [1.29, 1.82) is 0 Å². The Labute approximate surface area is 161 Å². The van der Waals surface area contributed by atoms with Gasteiger partial charge in [-0.25, -0.2) is 8.42 Å². The van der Waals surface area contributed by atoms with Crippen molar-refractivity contribution in [3.8, 4) is 5.75 Å². The molecule has 0 fully saturated rings. The quantitative estimate of drug-likeness (QED) is 0.754. The van der Waals surface area contributed by atoms with Crippen LogP contribution in [0.2, 0.25) is 0 Å². The van der Waals surface area contributed by atoms with Gasteiger partial charge in [0, 0.05) is 19.5 Å². The van der Waals surface area contributed by atoms with Gasteiger partial charge in [0.2, 0.25) is 10.0 Å². The molecular weight excluding hydrogens is 362 g/mol. The van der Waals surface area contributed by atoms with Gasteiger partial charge in [-0.15, -0.1) is 0 Å². The molecule has 0 aliphatic carbocycles. The highest BCUT2D eigenvalue weighted by atomic mass is 32.2. The van der Waals surface area contributed by atoms with E-state index in [1.165, 1.54) is 4.31 Å². The number of aliphatic hydroxyl groups is 1. The number of hydrogen-bond acceptors (Lipinski definition) is 4. The van der Waals surface area contributed by atoms with Crippen LogP contribution in [0, 0.1) is 0 Å². The van der Waals surface area contributed by atoms with Crippen LogP contribution in [-0.2, 0) is 29.4 Å². The van der Waals surface area contributed by atoms with Gasteiger partial charge in [0.25, 0.3) is 0 Å². The highest BCUT2D eigenvalue weighted by molar-refractivity contribution is 7.89. The summed E-state index contributed by atoms with van der Waals surface area (Å²) >= 11 is 0. The van der Waals surface area contributed by atoms with E-state index in [0.29, 0.717) is 13.0 Å². The van der Waals surface area contributed by atoms with Crippen molar-refractivity contribution < 1.29 is 18.3 Å². The molecule has 0 unspecified atom stereocenters. The average Bonchev–Trinajstić information content (AvgIpc) is 3.07. The summed E-state index contributed by atoms with van der Waals surface area (Å²) in [5, 5.41) is 10.2. The lowest BCUT2D eigenvalue weighted by molar-refractivity contribution is 0.0577. The van der Waals surface area contributed by atoms with Crippen molar-refractivity contribution in [3.63, 3.8) is 0 Å². The Morgan fingerprint density at radius 3 is 2.56 bits per heavy atom. The molecule has 27 heavy (non-hydrogen) atoms. The number of rotatable bonds is 8. The maximum Gasteiger partial charge on any atom is 0.214 e. The zero-order valence-electron chi connectivity index (χ0n) is 15.9. The zero-order valence-corrected chi connectivity index (χ0v) is 16.7. The predicted octanol–water partition coefficient (Wildman–Crippen LogP) is 2.77. The first-order valence-corrected chi connectivity index (χ1v) is 10.8. The van der Waals surface area contributed by atoms with E-state index in [4.69, 9.17) is 4.74 Å². The van der Waals surface area contributed by atoms with E-state index in [1.807, 2.05) is 48.5 Å². The largest absolute Gasteiger partial charge is 0.493 e. The van der Waals surface area contributed by atoms with E-state index in [9.17, 15) is 13.5 Å². The number of sulfonamides is 1. The lowest BCUT2D eigenvalue weighted by Crippen LogP contribution is -2.43. The van der Waals surface area contributed by atoms with Crippen molar-refractivity contribution in [2.24, 2.45) is 0 Å². The Bertz CT molecular complexity index is 873. The number of nitrogens with zero attached hydrogens (tertiary/aromatic N) is 1. The van der Waals surface area contributed by atoms with Crippen LogP contribution in [0.15, 0.2) is 48.5 Å². The van der Waals surface area contributed by atoms with Gasteiger partial charge < -0.3 is 9.84 Å². The van der Waals surface area contributed by atoms with Gasteiger partial charge in [-0.3, -0.25) is 0 Å². The first-order chi connectivity index (χ1) is 12.7. The molecule has 0 saturated carbocycles. The summed E-state index contributed by atoms with van der Waals surface area (Å²) in [6.45, 7) is 4.25. The Balaban J connectivity index is 1.73. The second-order valence-electron chi connectivity index (χ2n) is 7.67. The van der Waals surface area contributed by atoms with Crippen LogP contribution >= 0.6 is 0 Å². The first-order valence-electron chi connectivity index (χ1n) is 9.22. The standard InChI is InChI=1S/C21H27NO4S/c1-21(2,23)16-22(15-18-6-4-3-5-7-18)27(24,25)13-11-17-8-9-20-19(14-17)10-12-26-20/h3-9,14,23H,10-13,15-16H2,1-2H3. The Hall–Kier alpha value is -1.89. The minimum absolute atomic E-state index is 0.00948. The van der Waals surface area contributed by atoms with Crippen molar-refractivity contribution in [2.45, 2.75) is 38.8 Å². The molecule has 0 bridgehead atoms. The van der Waals surface area contributed by atoms with Gasteiger partial charge in [-0.2, -0.15) is 4.31 Å². The lowest BCUT2D eigenvalue weighted by atomic mass is 10.1. The van der Waals surface area contributed by atoms with E-state index < -0.39 is 15.6 Å². The molecule has 2 aromatic rings. The monoisotopic (exact) mass is 389 g/mol. The highest BCUT2D eigenvalue weighted by Crippen LogP contribution is 2.26. The molecule has 1 heterocycles. The number of fused-ring (bicyclic) bond motifs is 1. The second kappa shape index (κ2) is 8.00. The summed E-state index contributed by atoms with van der Waals surface area (Å²) in [5.41, 5.74) is 1.93. The van der Waals surface area contributed by atoms with Gasteiger partial charge in [-0.1, -0.05) is 42.5 Å². The highest BCUT2D eigenvalue weighted by Gasteiger charge is 2.28. The third-order valence-corrected chi connectivity index (χ3v) is 6.33. The van der Waals surface area contributed by atoms with Gasteiger partial charge in [0.1, 0.15) is 5.75 Å². The predicted molar refractivity (Wildman–Crippen MR) is 106 cm³/mol. The van der Waals surface area contributed by atoms with Crippen molar-refractivity contribution in [3.05, 3.63) is 65.2 Å². The number of hydrogen-bond donors (Lipinski definition) is 1. The molecule has 1 aliphatic rings. The summed E-state index contributed by atoms with van der Waals surface area (Å²) in [7, 11) is -3.52. The van der Waals surface area contributed by atoms with Crippen LogP contribution in [0.3, 0.4) is 0 Å². The van der Waals surface area contributed by atoms with Crippen LogP contribution in [-0.4, -0.2) is 42.3 Å². The molecule has 0 aromatic heterocycles. The van der Waals surface area contributed by atoms with Crippen LogP contribution < -0.4 is 4.74 Å². The summed E-state index contributed by atoms with van der Waals surface area (Å²) in [6.07, 6.45) is 1.31. The third kappa shape index (κ3) is 5.54. The number of aryl methyl sites for hydroxylation is 1. The lowest BCUT2D eigenvalue weighted by Gasteiger charge is -2.28. The second-order valence-corrected chi connectivity index (χ2v) is 9.76. The summed E-state index contributed by atoms with van der Waals surface area (Å²) in [5.74, 6) is 0.907. The molecule has 5 nitrogen and oxygen atoms in total. The van der Waals surface area contributed by atoms with Gasteiger partial charge in [0.05, 0.1) is 18.0 Å². The molecule has 0 atom stereocenters. The Morgan fingerprint density at radius 2 is 1.85 bits per heavy atom. The SMILES string of the molecule is CC(C)(O)CN(Cc1ccccc1)S(=O)(=O)CCc1ccc2c(c1)CCO2. The van der Waals surface area contributed by atoms with Crippen molar-refractivity contribution in [1.82, 2.24) is 4.31 Å². The van der Waals surface area contributed by atoms with Crippen LogP contribution in [0.5, 0.6) is 5.75 Å². The molecule has 0 spiro atoms. The molecule has 0 amide bonds. The van der Waals surface area contributed by atoms with Crippen LogP contribution in [0.1, 0.15) is 30.5 Å². The van der Waals surface area contributed by atoms with Crippen LogP contribution in [0.4, 0.5) is 0 Å². The van der Waals surface area contributed by atoms with E-state index >= 15 is 0 Å². The fourth-order valence-electron chi connectivity index (χ4n) is 3.24. The Morgan fingerprint density at radius 1 is 1.11 bits per heavy atom. The third-order valence-electron chi connectivity index (χ3n) is 4.56. The van der Waals surface area contributed by atoms with Crippen LogP contribution in [0.25, 0.3) is 0 Å². The fourth-order valence-corrected chi connectivity index (χ4v) is 4.85. The van der Waals surface area contributed by atoms with E-state index in [-0.39, 0.29) is 18.8 Å². The maximum atomic E-state index is 13.0. The molecule has 0 radical (unpaired) electrons. The summed E-state index contributed by atoms with van der Waals surface area (Å²) in [4.78, 5) is 0. The van der Waals surface area contributed by atoms with Crippen molar-refractivity contribution in [2.75, 3.05) is 18.9 Å². The molecule has 0 saturated heterocycles. The van der Waals surface area contributed by atoms with E-state index in [0.717, 1.165) is 28.9 Å². The maximum absolute atomic E-state index is 13.0. The molecule has 146 valence electrons. The summed E-state index contributed by atoms with van der Waals surface area (Å²) < 4.78 is 32.9. The van der Waals surface area contributed by atoms with Gasteiger partial charge >= 0.3 is 0 Å². The minimum atomic E-state index is -3.52. The van der Waals surface area contributed by atoms with Crippen molar-refractivity contribution >= 4 is 10.0 Å². The molecule has 2 aromatic carbocycles. The normalized spacial score (nSPS) is 14.2. The molecule has 1 aliphatic heterocycles. The smallest absolute Gasteiger partial charge is 0.214 e. The molecule has 3 rings (SSSR count). The molecular formula is C21H27NO4S. The van der Waals surface area contributed by atoms with Gasteiger partial charge in [-0.05, 0) is 43.0 Å².